The van der Waals surface area contributed by atoms with E-state index in [1.165, 1.54) is 50.4 Å². The summed E-state index contributed by atoms with van der Waals surface area (Å²) in [5, 5.41) is 1.80. The fourth-order valence-electron chi connectivity index (χ4n) is 5.66. The lowest BCUT2D eigenvalue weighted by atomic mass is 9.82. The van der Waals surface area contributed by atoms with Crippen LogP contribution in [0.5, 0.6) is 0 Å². The SMILES string of the molecule is CC(=O)c1cc(C(=O)N2CC[C@@H]3[C@@H](CCCN3C(=O)CCC3CCCCC3)C2)cs1. The molecule has 3 aliphatic rings. The lowest BCUT2D eigenvalue weighted by Crippen LogP contribution is -2.56. The summed E-state index contributed by atoms with van der Waals surface area (Å²) in [6, 6.07) is 2.01. The zero-order valence-electron chi connectivity index (χ0n) is 18.1. The fraction of sp³-hybridized carbons (Fsp3) is 0.708. The largest absolute Gasteiger partial charge is 0.339 e. The molecule has 2 aliphatic heterocycles. The van der Waals surface area contributed by atoms with Gasteiger partial charge in [0.2, 0.25) is 5.91 Å². The van der Waals surface area contributed by atoms with Gasteiger partial charge >= 0.3 is 0 Å². The van der Waals surface area contributed by atoms with Crippen molar-refractivity contribution >= 4 is 28.9 Å². The Morgan fingerprint density at radius 3 is 2.57 bits per heavy atom. The summed E-state index contributed by atoms with van der Waals surface area (Å²) < 4.78 is 0. The number of hydrogen-bond donors (Lipinski definition) is 0. The summed E-state index contributed by atoms with van der Waals surface area (Å²) in [5.74, 6) is 1.48. The third-order valence-corrected chi connectivity index (χ3v) is 8.39. The number of amides is 2. The average molecular weight is 431 g/mol. The molecule has 1 aromatic rings. The van der Waals surface area contributed by atoms with Crippen LogP contribution in [0.1, 0.15) is 91.2 Å². The molecule has 0 N–H and O–H groups in total. The molecule has 2 amide bonds. The maximum atomic E-state index is 13.0. The molecule has 0 spiro atoms. The van der Waals surface area contributed by atoms with Gasteiger partial charge in [0.05, 0.1) is 10.4 Å². The number of piperidine rings is 2. The van der Waals surface area contributed by atoms with Crippen molar-refractivity contribution < 1.29 is 14.4 Å². The third-order valence-electron chi connectivity index (χ3n) is 7.36. The van der Waals surface area contributed by atoms with Crippen molar-refractivity contribution in [2.45, 2.75) is 77.2 Å². The minimum Gasteiger partial charge on any atom is -0.339 e. The molecule has 6 heteroatoms. The monoisotopic (exact) mass is 430 g/mol. The van der Waals surface area contributed by atoms with Crippen LogP contribution in [0.25, 0.3) is 0 Å². The Bertz CT molecular complexity index is 783. The lowest BCUT2D eigenvalue weighted by Gasteiger charge is -2.47. The Morgan fingerprint density at radius 1 is 1.03 bits per heavy atom. The maximum absolute atomic E-state index is 13.0. The summed E-state index contributed by atoms with van der Waals surface area (Å²) in [4.78, 5) is 42.2. The first-order chi connectivity index (χ1) is 14.5. The molecule has 4 rings (SSSR count). The number of rotatable bonds is 5. The fourth-order valence-corrected chi connectivity index (χ4v) is 6.44. The van der Waals surface area contributed by atoms with Gasteiger partial charge in [0.1, 0.15) is 0 Å². The molecule has 1 saturated carbocycles. The quantitative estimate of drug-likeness (QED) is 0.633. The number of likely N-dealkylation sites (tertiary alicyclic amines) is 2. The van der Waals surface area contributed by atoms with Crippen molar-refractivity contribution in [1.82, 2.24) is 9.80 Å². The van der Waals surface area contributed by atoms with E-state index in [9.17, 15) is 14.4 Å². The maximum Gasteiger partial charge on any atom is 0.254 e. The molecule has 2 atom stereocenters. The Hall–Kier alpha value is -1.69. The second-order valence-corrected chi connectivity index (χ2v) is 10.3. The van der Waals surface area contributed by atoms with Gasteiger partial charge in [-0.2, -0.15) is 0 Å². The molecule has 0 unspecified atom stereocenters. The van der Waals surface area contributed by atoms with Gasteiger partial charge in [-0.1, -0.05) is 32.1 Å². The highest BCUT2D eigenvalue weighted by Gasteiger charge is 2.39. The number of nitrogens with zero attached hydrogens (tertiary/aromatic N) is 2. The van der Waals surface area contributed by atoms with Gasteiger partial charge in [-0.05, 0) is 50.5 Å². The predicted octanol–water partition coefficient (Wildman–Crippen LogP) is 4.76. The smallest absolute Gasteiger partial charge is 0.254 e. The normalized spacial score (nSPS) is 25.1. The average Bonchev–Trinajstić information content (AvgIpc) is 3.27. The zero-order chi connectivity index (χ0) is 21.1. The predicted molar refractivity (Wildman–Crippen MR) is 119 cm³/mol. The Balaban J connectivity index is 1.33. The number of fused-ring (bicyclic) bond motifs is 1. The Morgan fingerprint density at radius 2 is 1.83 bits per heavy atom. The van der Waals surface area contributed by atoms with Crippen molar-refractivity contribution in [3.05, 3.63) is 21.9 Å². The Kier molecular flexibility index (Phi) is 6.91. The molecule has 164 valence electrons. The summed E-state index contributed by atoms with van der Waals surface area (Å²) >= 11 is 1.34. The van der Waals surface area contributed by atoms with E-state index in [1.807, 2.05) is 4.90 Å². The minimum atomic E-state index is 0.00687. The Labute approximate surface area is 183 Å². The summed E-state index contributed by atoms with van der Waals surface area (Å²) in [6.45, 7) is 3.83. The van der Waals surface area contributed by atoms with Crippen LogP contribution >= 0.6 is 11.3 Å². The van der Waals surface area contributed by atoms with Crippen LogP contribution in [0.3, 0.4) is 0 Å². The highest BCUT2D eigenvalue weighted by Crippen LogP contribution is 2.33. The van der Waals surface area contributed by atoms with Gasteiger partial charge in [0.25, 0.3) is 5.91 Å². The van der Waals surface area contributed by atoms with Crippen LogP contribution in [0.2, 0.25) is 0 Å². The molecular formula is C24H34N2O3S. The van der Waals surface area contributed by atoms with Crippen LogP contribution in [0.4, 0.5) is 0 Å². The molecule has 0 radical (unpaired) electrons. The number of ketones is 1. The highest BCUT2D eigenvalue weighted by atomic mass is 32.1. The van der Waals surface area contributed by atoms with Crippen LogP contribution < -0.4 is 0 Å². The van der Waals surface area contributed by atoms with E-state index in [1.54, 1.807) is 11.4 Å². The van der Waals surface area contributed by atoms with E-state index < -0.39 is 0 Å². The number of Topliss-reactive ketones (excluding diaryl/α,β-unsaturated/α-hetero) is 1. The van der Waals surface area contributed by atoms with E-state index >= 15 is 0 Å². The van der Waals surface area contributed by atoms with Crippen LogP contribution in [-0.4, -0.2) is 53.1 Å². The molecule has 30 heavy (non-hydrogen) atoms. The van der Waals surface area contributed by atoms with Gasteiger partial charge in [0.15, 0.2) is 5.78 Å². The first kappa shape index (κ1) is 21.5. The summed E-state index contributed by atoms with van der Waals surface area (Å²) in [5.41, 5.74) is 0.625. The van der Waals surface area contributed by atoms with Gasteiger partial charge in [-0.3, -0.25) is 14.4 Å². The van der Waals surface area contributed by atoms with Crippen LogP contribution in [0, 0.1) is 11.8 Å². The molecule has 3 heterocycles. The topological polar surface area (TPSA) is 57.7 Å². The molecule has 1 aromatic heterocycles. The second-order valence-electron chi connectivity index (χ2n) is 9.40. The molecular weight excluding hydrogens is 396 g/mol. The highest BCUT2D eigenvalue weighted by molar-refractivity contribution is 7.12. The van der Waals surface area contributed by atoms with Crippen LogP contribution in [-0.2, 0) is 4.79 Å². The van der Waals surface area contributed by atoms with Gasteiger partial charge in [0, 0.05) is 37.5 Å². The van der Waals surface area contributed by atoms with Crippen molar-refractivity contribution in [2.75, 3.05) is 19.6 Å². The van der Waals surface area contributed by atoms with Crippen molar-refractivity contribution in [3.8, 4) is 0 Å². The molecule has 0 bridgehead atoms. The number of thiophene rings is 1. The second kappa shape index (κ2) is 9.63. The van der Waals surface area contributed by atoms with Crippen molar-refractivity contribution in [2.24, 2.45) is 11.8 Å². The minimum absolute atomic E-state index is 0.00687. The number of carbonyl (C=O) groups excluding carboxylic acids is 3. The molecule has 2 saturated heterocycles. The first-order valence-corrected chi connectivity index (χ1v) is 12.6. The molecule has 0 aromatic carbocycles. The van der Waals surface area contributed by atoms with Gasteiger partial charge < -0.3 is 9.80 Å². The van der Waals surface area contributed by atoms with E-state index in [-0.39, 0.29) is 17.7 Å². The van der Waals surface area contributed by atoms with Crippen molar-refractivity contribution in [1.29, 1.82) is 0 Å². The summed E-state index contributed by atoms with van der Waals surface area (Å²) in [6.07, 6.45) is 11.3. The van der Waals surface area contributed by atoms with Gasteiger partial charge in [-0.25, -0.2) is 0 Å². The molecule has 3 fully saturated rings. The van der Waals surface area contributed by atoms with Crippen molar-refractivity contribution in [3.63, 3.8) is 0 Å². The number of carbonyl (C=O) groups is 3. The lowest BCUT2D eigenvalue weighted by molar-refractivity contribution is -0.138. The van der Waals surface area contributed by atoms with Gasteiger partial charge in [-0.15, -0.1) is 11.3 Å². The van der Waals surface area contributed by atoms with Crippen LogP contribution in [0.15, 0.2) is 11.4 Å². The zero-order valence-corrected chi connectivity index (χ0v) is 18.9. The number of hydrogen-bond acceptors (Lipinski definition) is 4. The molecule has 5 nitrogen and oxygen atoms in total. The van der Waals surface area contributed by atoms with E-state index in [4.69, 9.17) is 0 Å². The molecule has 1 aliphatic carbocycles. The first-order valence-electron chi connectivity index (χ1n) is 11.7. The standard InChI is InChI=1S/C24H34N2O3S/c1-17(27)22-14-20(16-30-22)24(29)25-13-11-21-19(15-25)8-5-12-26(21)23(28)10-9-18-6-3-2-4-7-18/h14,16,18-19,21H,2-13,15H2,1H3/t19-,21+/m0/s1. The van der Waals surface area contributed by atoms with E-state index in [0.717, 1.165) is 44.7 Å². The summed E-state index contributed by atoms with van der Waals surface area (Å²) in [7, 11) is 0. The third kappa shape index (κ3) is 4.79. The van der Waals surface area contributed by atoms with E-state index in [2.05, 4.69) is 4.90 Å². The van der Waals surface area contributed by atoms with E-state index in [0.29, 0.717) is 35.2 Å².